The summed E-state index contributed by atoms with van der Waals surface area (Å²) >= 11 is 8.99. The van der Waals surface area contributed by atoms with Crippen molar-refractivity contribution in [2.24, 2.45) is 0 Å². The Balaban J connectivity index is 1.64. The highest BCUT2D eigenvalue weighted by atomic mass is 79.9. The van der Waals surface area contributed by atoms with E-state index in [0.717, 1.165) is 0 Å². The number of anilines is 2. The zero-order valence-electron chi connectivity index (χ0n) is 14.9. The molecular weight excluding hydrogens is 463 g/mol. The van der Waals surface area contributed by atoms with Crippen molar-refractivity contribution in [3.8, 4) is 5.75 Å². The fourth-order valence-corrected chi connectivity index (χ4v) is 2.88. The van der Waals surface area contributed by atoms with Crippen LogP contribution in [0.25, 0.3) is 0 Å². The van der Waals surface area contributed by atoms with Crippen molar-refractivity contribution in [3.05, 3.63) is 87.6 Å². The van der Waals surface area contributed by atoms with Crippen LogP contribution in [0.3, 0.4) is 0 Å². The van der Waals surface area contributed by atoms with Crippen LogP contribution in [0, 0.1) is 5.82 Å². The van der Waals surface area contributed by atoms with E-state index in [4.69, 9.17) is 16.3 Å². The molecule has 8 heteroatoms. The molecular formula is C21H15BrClFN2O3. The van der Waals surface area contributed by atoms with Gasteiger partial charge in [-0.2, -0.15) is 0 Å². The van der Waals surface area contributed by atoms with E-state index in [2.05, 4.69) is 26.6 Å². The number of carbonyl (C=O) groups is 2. The van der Waals surface area contributed by atoms with Crippen molar-refractivity contribution >= 4 is 50.7 Å². The van der Waals surface area contributed by atoms with Gasteiger partial charge in [0.2, 0.25) is 0 Å². The minimum atomic E-state index is -0.581. The molecule has 3 aromatic carbocycles. The van der Waals surface area contributed by atoms with Gasteiger partial charge in [0.05, 0.1) is 11.4 Å². The zero-order valence-corrected chi connectivity index (χ0v) is 17.3. The first kappa shape index (κ1) is 20.8. The highest BCUT2D eigenvalue weighted by molar-refractivity contribution is 9.10. The predicted octanol–water partition coefficient (Wildman–Crippen LogP) is 5.51. The molecule has 0 radical (unpaired) electrons. The van der Waals surface area contributed by atoms with Crippen LogP contribution in [0.15, 0.2) is 71.2 Å². The minimum absolute atomic E-state index is 0.0346. The lowest BCUT2D eigenvalue weighted by Gasteiger charge is -2.13. The van der Waals surface area contributed by atoms with Gasteiger partial charge in [-0.3, -0.25) is 9.59 Å². The third kappa shape index (κ3) is 5.79. The van der Waals surface area contributed by atoms with Crippen LogP contribution >= 0.6 is 27.5 Å². The maximum Gasteiger partial charge on any atom is 0.262 e. The van der Waals surface area contributed by atoms with E-state index in [0.29, 0.717) is 26.4 Å². The first-order valence-electron chi connectivity index (χ1n) is 8.46. The molecule has 0 unspecified atom stereocenters. The molecule has 148 valence electrons. The van der Waals surface area contributed by atoms with Gasteiger partial charge >= 0.3 is 0 Å². The summed E-state index contributed by atoms with van der Waals surface area (Å²) in [6.45, 7) is -0.391. The average Bonchev–Trinajstić information content (AvgIpc) is 2.69. The van der Waals surface area contributed by atoms with E-state index >= 15 is 0 Å². The number of halogens is 3. The van der Waals surface area contributed by atoms with Crippen LogP contribution in [-0.2, 0) is 4.79 Å². The molecule has 0 atom stereocenters. The Morgan fingerprint density at radius 1 is 0.966 bits per heavy atom. The van der Waals surface area contributed by atoms with Crippen molar-refractivity contribution in [1.82, 2.24) is 0 Å². The molecule has 0 spiro atoms. The summed E-state index contributed by atoms with van der Waals surface area (Å²) in [6, 6.07) is 17.4. The maximum atomic E-state index is 13.8. The number of benzene rings is 3. The number of hydrogen-bond acceptors (Lipinski definition) is 3. The summed E-state index contributed by atoms with van der Waals surface area (Å²) in [4.78, 5) is 24.6. The molecule has 0 heterocycles. The largest absolute Gasteiger partial charge is 0.481 e. The molecule has 2 amide bonds. The normalized spacial score (nSPS) is 10.3. The second-order valence-electron chi connectivity index (χ2n) is 5.92. The van der Waals surface area contributed by atoms with Gasteiger partial charge in [-0.15, -0.1) is 0 Å². The summed E-state index contributed by atoms with van der Waals surface area (Å²) < 4.78 is 19.6. The topological polar surface area (TPSA) is 67.4 Å². The number of amides is 2. The van der Waals surface area contributed by atoms with Crippen LogP contribution in [0.1, 0.15) is 10.4 Å². The van der Waals surface area contributed by atoms with E-state index in [-0.39, 0.29) is 11.7 Å². The third-order valence-corrected chi connectivity index (χ3v) is 4.55. The van der Waals surface area contributed by atoms with Gasteiger partial charge < -0.3 is 15.4 Å². The van der Waals surface area contributed by atoms with Gasteiger partial charge in [-0.1, -0.05) is 39.7 Å². The fraction of sp³-hybridized carbons (Fsp3) is 0.0476. The van der Waals surface area contributed by atoms with E-state index in [1.807, 2.05) is 0 Å². The Hall–Kier alpha value is -2.90. The molecule has 0 aliphatic carbocycles. The average molecular weight is 478 g/mol. The van der Waals surface area contributed by atoms with Gasteiger partial charge in [-0.05, 0) is 54.6 Å². The van der Waals surface area contributed by atoms with Gasteiger partial charge in [0, 0.05) is 15.1 Å². The molecule has 29 heavy (non-hydrogen) atoms. The molecule has 3 aromatic rings. The van der Waals surface area contributed by atoms with Crippen molar-refractivity contribution in [2.75, 3.05) is 17.2 Å². The Labute approximate surface area is 180 Å². The molecule has 0 bridgehead atoms. The SMILES string of the molecule is O=C(COc1ccc(Br)cc1F)Nc1ccccc1NC(=O)c1ccc(Cl)cc1. The highest BCUT2D eigenvalue weighted by Crippen LogP contribution is 2.23. The van der Waals surface area contributed by atoms with Gasteiger partial charge in [-0.25, -0.2) is 4.39 Å². The zero-order chi connectivity index (χ0) is 20.8. The van der Waals surface area contributed by atoms with Crippen LogP contribution < -0.4 is 15.4 Å². The second-order valence-corrected chi connectivity index (χ2v) is 7.27. The van der Waals surface area contributed by atoms with Crippen molar-refractivity contribution in [1.29, 1.82) is 0 Å². The van der Waals surface area contributed by atoms with E-state index in [1.54, 1.807) is 54.6 Å². The minimum Gasteiger partial charge on any atom is -0.481 e. The predicted molar refractivity (Wildman–Crippen MR) is 114 cm³/mol. The first-order chi connectivity index (χ1) is 13.9. The number of hydrogen-bond donors (Lipinski definition) is 2. The van der Waals surface area contributed by atoms with Crippen LogP contribution in [0.5, 0.6) is 5.75 Å². The van der Waals surface area contributed by atoms with Gasteiger partial charge in [0.1, 0.15) is 0 Å². The Morgan fingerprint density at radius 2 is 1.62 bits per heavy atom. The molecule has 2 N–H and O–H groups in total. The quantitative estimate of drug-likeness (QED) is 0.492. The van der Waals surface area contributed by atoms with E-state index in [1.165, 1.54) is 12.1 Å². The summed E-state index contributed by atoms with van der Waals surface area (Å²) in [5.41, 5.74) is 1.22. The molecule has 5 nitrogen and oxygen atoms in total. The summed E-state index contributed by atoms with van der Waals surface area (Å²) in [7, 11) is 0. The fourth-order valence-electron chi connectivity index (χ4n) is 2.42. The maximum absolute atomic E-state index is 13.8. The number of ether oxygens (including phenoxy) is 1. The molecule has 0 aliphatic rings. The van der Waals surface area contributed by atoms with E-state index < -0.39 is 18.3 Å². The molecule has 0 aromatic heterocycles. The highest BCUT2D eigenvalue weighted by Gasteiger charge is 2.12. The summed E-state index contributed by atoms with van der Waals surface area (Å²) in [6.07, 6.45) is 0. The van der Waals surface area contributed by atoms with Gasteiger partial charge in [0.15, 0.2) is 18.2 Å². The lowest BCUT2D eigenvalue weighted by Crippen LogP contribution is -2.22. The summed E-state index contributed by atoms with van der Waals surface area (Å²) in [5.74, 6) is -1.47. The third-order valence-electron chi connectivity index (χ3n) is 3.81. The van der Waals surface area contributed by atoms with Crippen molar-refractivity contribution in [2.45, 2.75) is 0 Å². The number of carbonyl (C=O) groups excluding carboxylic acids is 2. The lowest BCUT2D eigenvalue weighted by molar-refractivity contribution is -0.118. The Bertz CT molecular complexity index is 1040. The Morgan fingerprint density at radius 3 is 2.28 bits per heavy atom. The van der Waals surface area contributed by atoms with Gasteiger partial charge in [0.25, 0.3) is 11.8 Å². The molecule has 0 saturated heterocycles. The molecule has 0 aliphatic heterocycles. The number of para-hydroxylation sites is 2. The molecule has 3 rings (SSSR count). The molecule has 0 fully saturated rings. The lowest BCUT2D eigenvalue weighted by atomic mass is 10.2. The van der Waals surface area contributed by atoms with Crippen molar-refractivity contribution < 1.29 is 18.7 Å². The number of rotatable bonds is 6. The Kier molecular flexibility index (Phi) is 6.85. The van der Waals surface area contributed by atoms with Crippen LogP contribution in [0.2, 0.25) is 5.02 Å². The van der Waals surface area contributed by atoms with Crippen molar-refractivity contribution in [3.63, 3.8) is 0 Å². The van der Waals surface area contributed by atoms with Crippen LogP contribution in [0.4, 0.5) is 15.8 Å². The molecule has 0 saturated carbocycles. The summed E-state index contributed by atoms with van der Waals surface area (Å²) in [5, 5.41) is 5.91. The van der Waals surface area contributed by atoms with E-state index in [9.17, 15) is 14.0 Å². The first-order valence-corrected chi connectivity index (χ1v) is 9.63. The number of nitrogens with one attached hydrogen (secondary N) is 2. The van der Waals surface area contributed by atoms with Crippen LogP contribution in [-0.4, -0.2) is 18.4 Å². The second kappa shape index (κ2) is 9.54. The smallest absolute Gasteiger partial charge is 0.262 e. The standard InChI is InChI=1S/C21H15BrClFN2O3/c22-14-7-10-19(16(24)11-14)29-12-20(27)25-17-3-1-2-4-18(17)26-21(28)13-5-8-15(23)9-6-13/h1-11H,12H2,(H,25,27)(H,26,28). The monoisotopic (exact) mass is 476 g/mol.